The van der Waals surface area contributed by atoms with E-state index in [-0.39, 0.29) is 0 Å². The van der Waals surface area contributed by atoms with Crippen LogP contribution >= 0.6 is 11.3 Å². The van der Waals surface area contributed by atoms with E-state index in [0.29, 0.717) is 10.9 Å². The van der Waals surface area contributed by atoms with Crippen LogP contribution in [0.5, 0.6) is 0 Å². The number of benzene rings is 1. The lowest BCUT2D eigenvalue weighted by Gasteiger charge is -2.24. The van der Waals surface area contributed by atoms with Gasteiger partial charge in [-0.1, -0.05) is 38.8 Å². The van der Waals surface area contributed by atoms with Gasteiger partial charge in [-0.05, 0) is 30.5 Å². The molecule has 130 valence electrons. The van der Waals surface area contributed by atoms with Crippen molar-refractivity contribution in [3.8, 4) is 0 Å². The number of rotatable bonds is 10. The quantitative estimate of drug-likeness (QED) is 0.489. The van der Waals surface area contributed by atoms with Crippen LogP contribution in [0.15, 0.2) is 34.7 Å². The molecule has 2 aromatic rings. The summed E-state index contributed by atoms with van der Waals surface area (Å²) < 4.78 is 0. The minimum absolute atomic E-state index is 0.515. The molecule has 3 N–H and O–H groups in total. The second-order valence-corrected chi connectivity index (χ2v) is 6.59. The fraction of sp³-hybridized carbons (Fsp3) is 0.444. The van der Waals surface area contributed by atoms with Gasteiger partial charge in [-0.15, -0.1) is 11.3 Å². The Morgan fingerprint density at radius 2 is 1.83 bits per heavy atom. The molecule has 0 amide bonds. The van der Waals surface area contributed by atoms with Gasteiger partial charge in [-0.3, -0.25) is 5.43 Å². The number of nitrogen functional groups attached to an aromatic ring is 1. The SMILES string of the molecule is CCCCN(CCCC)c1ccc(C=NNc2nc(N)cs2)cc1. The number of unbranched alkanes of at least 4 members (excludes halogenated alkanes) is 2. The van der Waals surface area contributed by atoms with Crippen molar-refractivity contribution in [2.45, 2.75) is 39.5 Å². The molecular formula is C18H27N5S. The number of hydrogen-bond donors (Lipinski definition) is 2. The van der Waals surface area contributed by atoms with Crippen molar-refractivity contribution < 1.29 is 0 Å². The predicted octanol–water partition coefficient (Wildman–Crippen LogP) is 4.58. The van der Waals surface area contributed by atoms with Crippen LogP contribution in [0.4, 0.5) is 16.6 Å². The van der Waals surface area contributed by atoms with Crippen molar-refractivity contribution in [1.82, 2.24) is 4.98 Å². The van der Waals surface area contributed by atoms with E-state index in [1.54, 1.807) is 11.6 Å². The van der Waals surface area contributed by atoms with Crippen molar-refractivity contribution in [1.29, 1.82) is 0 Å². The van der Waals surface area contributed by atoms with Gasteiger partial charge in [0.1, 0.15) is 5.82 Å². The first-order valence-electron chi connectivity index (χ1n) is 8.58. The molecule has 5 nitrogen and oxygen atoms in total. The lowest BCUT2D eigenvalue weighted by atomic mass is 10.2. The van der Waals surface area contributed by atoms with Gasteiger partial charge >= 0.3 is 0 Å². The smallest absolute Gasteiger partial charge is 0.205 e. The van der Waals surface area contributed by atoms with Crippen molar-refractivity contribution in [2.75, 3.05) is 29.1 Å². The van der Waals surface area contributed by atoms with E-state index in [1.165, 1.54) is 42.7 Å². The largest absolute Gasteiger partial charge is 0.383 e. The normalized spacial score (nSPS) is 11.1. The van der Waals surface area contributed by atoms with Crippen molar-refractivity contribution in [2.24, 2.45) is 5.10 Å². The van der Waals surface area contributed by atoms with Gasteiger partial charge in [-0.25, -0.2) is 4.98 Å². The fourth-order valence-corrected chi connectivity index (χ4v) is 2.89. The molecule has 0 atom stereocenters. The standard InChI is InChI=1S/C18H27N5S/c1-3-5-11-23(12-6-4-2)16-9-7-15(8-10-16)13-20-22-18-21-17(19)14-24-18/h7-10,13-14H,3-6,11-12,19H2,1-2H3,(H,21,22). The average Bonchev–Trinajstić information content (AvgIpc) is 3.01. The first-order valence-corrected chi connectivity index (χ1v) is 9.46. The van der Waals surface area contributed by atoms with Gasteiger partial charge in [0, 0.05) is 24.2 Å². The third-order valence-electron chi connectivity index (χ3n) is 3.72. The van der Waals surface area contributed by atoms with Crippen LogP contribution in [0.25, 0.3) is 0 Å². The molecule has 0 saturated heterocycles. The maximum absolute atomic E-state index is 5.58. The van der Waals surface area contributed by atoms with E-state index in [4.69, 9.17) is 5.73 Å². The molecule has 0 spiro atoms. The second-order valence-electron chi connectivity index (χ2n) is 5.73. The topological polar surface area (TPSA) is 66.5 Å². The number of nitrogens with one attached hydrogen (secondary N) is 1. The number of nitrogens with two attached hydrogens (primary N) is 1. The molecule has 0 fully saturated rings. The molecule has 0 bridgehead atoms. The maximum atomic E-state index is 5.58. The summed E-state index contributed by atoms with van der Waals surface area (Å²) in [6.45, 7) is 6.72. The Bertz CT molecular complexity index is 613. The van der Waals surface area contributed by atoms with Gasteiger partial charge < -0.3 is 10.6 Å². The van der Waals surface area contributed by atoms with Gasteiger partial charge in [0.25, 0.3) is 0 Å². The number of nitrogens with zero attached hydrogens (tertiary/aromatic N) is 3. The zero-order valence-corrected chi connectivity index (χ0v) is 15.4. The highest BCUT2D eigenvalue weighted by Gasteiger charge is 2.05. The van der Waals surface area contributed by atoms with E-state index in [0.717, 1.165) is 18.7 Å². The summed E-state index contributed by atoms with van der Waals surface area (Å²) >= 11 is 1.44. The monoisotopic (exact) mass is 345 g/mol. The minimum Gasteiger partial charge on any atom is -0.383 e. The second kappa shape index (κ2) is 9.93. The number of thiazole rings is 1. The third-order valence-corrected chi connectivity index (χ3v) is 4.48. The van der Waals surface area contributed by atoms with Crippen molar-refractivity contribution in [3.05, 3.63) is 35.2 Å². The lowest BCUT2D eigenvalue weighted by Crippen LogP contribution is -2.25. The summed E-state index contributed by atoms with van der Waals surface area (Å²) in [6.07, 6.45) is 6.70. The summed E-state index contributed by atoms with van der Waals surface area (Å²) in [5.41, 5.74) is 10.8. The van der Waals surface area contributed by atoms with Crippen LogP contribution in [0.3, 0.4) is 0 Å². The number of anilines is 3. The highest BCUT2D eigenvalue weighted by atomic mass is 32.1. The first-order chi connectivity index (χ1) is 11.7. The van der Waals surface area contributed by atoms with Gasteiger partial charge in [0.2, 0.25) is 5.13 Å². The molecule has 1 aromatic heterocycles. The number of hydrogen-bond acceptors (Lipinski definition) is 6. The summed E-state index contributed by atoms with van der Waals surface area (Å²) in [4.78, 5) is 6.58. The van der Waals surface area contributed by atoms with Crippen molar-refractivity contribution in [3.63, 3.8) is 0 Å². The molecule has 1 aromatic carbocycles. The first kappa shape index (κ1) is 18.3. The van der Waals surface area contributed by atoms with Crippen LogP contribution in [0.2, 0.25) is 0 Å². The Hall–Kier alpha value is -2.08. The Kier molecular flexibility index (Phi) is 7.55. The van der Waals surface area contributed by atoms with E-state index in [2.05, 4.69) is 58.5 Å². The Morgan fingerprint density at radius 3 is 2.38 bits per heavy atom. The average molecular weight is 346 g/mol. The van der Waals surface area contributed by atoms with Crippen LogP contribution in [0, 0.1) is 0 Å². The highest BCUT2D eigenvalue weighted by molar-refractivity contribution is 7.14. The summed E-state index contributed by atoms with van der Waals surface area (Å²) in [5, 5.41) is 6.69. The third kappa shape index (κ3) is 5.85. The highest BCUT2D eigenvalue weighted by Crippen LogP contribution is 2.18. The Labute approximate surface area is 148 Å². The minimum atomic E-state index is 0.515. The molecule has 0 unspecified atom stereocenters. The number of hydrazone groups is 1. The maximum Gasteiger partial charge on any atom is 0.205 e. The van der Waals surface area contributed by atoms with Crippen molar-refractivity contribution >= 4 is 34.2 Å². The molecular weight excluding hydrogens is 318 g/mol. The zero-order chi connectivity index (χ0) is 17.2. The zero-order valence-electron chi connectivity index (χ0n) is 14.5. The molecule has 2 rings (SSSR count). The van der Waals surface area contributed by atoms with E-state index in [9.17, 15) is 0 Å². The fourth-order valence-electron chi connectivity index (χ4n) is 2.34. The summed E-state index contributed by atoms with van der Waals surface area (Å²) in [6, 6.07) is 8.55. The van der Waals surface area contributed by atoms with Crippen LogP contribution in [-0.2, 0) is 0 Å². The lowest BCUT2D eigenvalue weighted by molar-refractivity contribution is 0.678. The Morgan fingerprint density at radius 1 is 1.17 bits per heavy atom. The Balaban J connectivity index is 1.94. The van der Waals surface area contributed by atoms with Crippen LogP contribution in [-0.4, -0.2) is 24.3 Å². The summed E-state index contributed by atoms with van der Waals surface area (Å²) in [5.74, 6) is 0.515. The molecule has 0 aliphatic heterocycles. The van der Waals surface area contributed by atoms with Gasteiger partial charge in [0.05, 0.1) is 6.21 Å². The molecule has 24 heavy (non-hydrogen) atoms. The van der Waals surface area contributed by atoms with Crippen LogP contribution < -0.4 is 16.1 Å². The van der Waals surface area contributed by atoms with Gasteiger partial charge in [0.15, 0.2) is 0 Å². The molecule has 0 radical (unpaired) electrons. The molecule has 6 heteroatoms. The van der Waals surface area contributed by atoms with Gasteiger partial charge in [-0.2, -0.15) is 5.10 Å². The predicted molar refractivity (Wildman–Crippen MR) is 106 cm³/mol. The van der Waals surface area contributed by atoms with E-state index in [1.807, 2.05) is 0 Å². The molecule has 0 saturated carbocycles. The molecule has 0 aliphatic carbocycles. The summed E-state index contributed by atoms with van der Waals surface area (Å²) in [7, 11) is 0. The molecule has 1 heterocycles. The molecule has 0 aliphatic rings. The number of aromatic nitrogens is 1. The van der Waals surface area contributed by atoms with Crippen LogP contribution in [0.1, 0.15) is 45.1 Å². The van der Waals surface area contributed by atoms with E-state index < -0.39 is 0 Å². The van der Waals surface area contributed by atoms with E-state index >= 15 is 0 Å².